The summed E-state index contributed by atoms with van der Waals surface area (Å²) < 4.78 is 10.7. The zero-order valence-electron chi connectivity index (χ0n) is 15.3. The summed E-state index contributed by atoms with van der Waals surface area (Å²) in [7, 11) is 1.66. The fraction of sp³-hybridized carbons (Fsp3) is 0.238. The first-order valence-corrected chi connectivity index (χ1v) is 9.00. The number of ether oxygens (including phenoxy) is 2. The van der Waals surface area contributed by atoms with Crippen molar-refractivity contribution in [1.82, 2.24) is 9.97 Å². The van der Waals surface area contributed by atoms with Crippen LogP contribution in [0, 0.1) is 0 Å². The molecule has 0 radical (unpaired) electrons. The number of nitrogens with one attached hydrogen (secondary N) is 1. The molecule has 0 atom stereocenters. The highest BCUT2D eigenvalue weighted by atomic mass is 16.5. The van der Waals surface area contributed by atoms with Crippen molar-refractivity contribution in [3.05, 3.63) is 60.7 Å². The second-order valence-electron chi connectivity index (χ2n) is 6.25. The lowest BCUT2D eigenvalue weighted by atomic mass is 10.1. The Morgan fingerprint density at radius 1 is 0.963 bits per heavy atom. The molecule has 0 unspecified atom stereocenters. The largest absolute Gasteiger partial charge is 0.497 e. The summed E-state index contributed by atoms with van der Waals surface area (Å²) in [6.45, 7) is 3.08. The van der Waals surface area contributed by atoms with E-state index in [9.17, 15) is 0 Å². The predicted octanol–water partition coefficient (Wildman–Crippen LogP) is 3.73. The first-order chi connectivity index (χ1) is 13.3. The van der Waals surface area contributed by atoms with Gasteiger partial charge in [-0.3, -0.25) is 0 Å². The van der Waals surface area contributed by atoms with Gasteiger partial charge < -0.3 is 19.7 Å². The topological polar surface area (TPSA) is 59.5 Å². The van der Waals surface area contributed by atoms with Crippen LogP contribution in [0.5, 0.6) is 5.75 Å². The number of hydrogen-bond acceptors (Lipinski definition) is 6. The Hall–Kier alpha value is -3.12. The van der Waals surface area contributed by atoms with Crippen LogP contribution in [0.25, 0.3) is 11.3 Å². The number of aromatic nitrogens is 2. The Labute approximate surface area is 158 Å². The SMILES string of the molecule is COc1ccc(Nc2nc(-c3ccccc3)cc(N3CCOCC3)n2)cc1. The normalized spacial score (nSPS) is 14.0. The quantitative estimate of drug-likeness (QED) is 0.746. The van der Waals surface area contributed by atoms with Gasteiger partial charge in [0.2, 0.25) is 5.95 Å². The molecule has 4 rings (SSSR count). The first kappa shape index (κ1) is 17.3. The van der Waals surface area contributed by atoms with Gasteiger partial charge in [0.25, 0.3) is 0 Å². The van der Waals surface area contributed by atoms with Crippen molar-refractivity contribution < 1.29 is 9.47 Å². The maximum absolute atomic E-state index is 5.47. The molecule has 1 fully saturated rings. The van der Waals surface area contributed by atoms with Crippen LogP contribution in [-0.2, 0) is 4.74 Å². The predicted molar refractivity (Wildman–Crippen MR) is 107 cm³/mol. The highest BCUT2D eigenvalue weighted by molar-refractivity contribution is 5.66. The van der Waals surface area contributed by atoms with Crippen LogP contribution in [0.4, 0.5) is 17.5 Å². The minimum atomic E-state index is 0.572. The summed E-state index contributed by atoms with van der Waals surface area (Å²) in [6.07, 6.45) is 0. The number of rotatable bonds is 5. The number of anilines is 3. The minimum absolute atomic E-state index is 0.572. The van der Waals surface area contributed by atoms with Crippen molar-refractivity contribution in [2.24, 2.45) is 0 Å². The van der Waals surface area contributed by atoms with E-state index < -0.39 is 0 Å². The molecule has 27 heavy (non-hydrogen) atoms. The van der Waals surface area contributed by atoms with Gasteiger partial charge in [-0.2, -0.15) is 4.98 Å². The lowest BCUT2D eigenvalue weighted by Gasteiger charge is -2.28. The van der Waals surface area contributed by atoms with Crippen LogP contribution in [0.1, 0.15) is 0 Å². The van der Waals surface area contributed by atoms with Crippen LogP contribution in [0.3, 0.4) is 0 Å². The van der Waals surface area contributed by atoms with E-state index in [0.717, 1.165) is 41.6 Å². The smallest absolute Gasteiger partial charge is 0.229 e. The molecule has 138 valence electrons. The van der Waals surface area contributed by atoms with Crippen molar-refractivity contribution in [2.75, 3.05) is 43.6 Å². The van der Waals surface area contributed by atoms with E-state index in [1.54, 1.807) is 7.11 Å². The number of methoxy groups -OCH3 is 1. The highest BCUT2D eigenvalue weighted by Crippen LogP contribution is 2.26. The molecular weight excluding hydrogens is 340 g/mol. The van der Waals surface area contributed by atoms with Crippen LogP contribution >= 0.6 is 0 Å². The molecule has 2 heterocycles. The lowest BCUT2D eigenvalue weighted by Crippen LogP contribution is -2.36. The second-order valence-corrected chi connectivity index (χ2v) is 6.25. The summed E-state index contributed by atoms with van der Waals surface area (Å²) in [5.41, 5.74) is 2.87. The standard InChI is InChI=1S/C21H22N4O2/c1-26-18-9-7-17(8-10-18)22-21-23-19(16-5-3-2-4-6-16)15-20(24-21)25-11-13-27-14-12-25/h2-10,15H,11-14H2,1H3,(H,22,23,24). The average molecular weight is 362 g/mol. The van der Waals surface area contributed by atoms with Gasteiger partial charge in [-0.15, -0.1) is 0 Å². The Balaban J connectivity index is 1.68. The Morgan fingerprint density at radius 3 is 2.41 bits per heavy atom. The van der Waals surface area contributed by atoms with Crippen LogP contribution in [0.2, 0.25) is 0 Å². The van der Waals surface area contributed by atoms with Crippen LogP contribution in [0.15, 0.2) is 60.7 Å². The van der Waals surface area contributed by atoms with Crippen molar-refractivity contribution >= 4 is 17.5 Å². The van der Waals surface area contributed by atoms with Crippen molar-refractivity contribution in [1.29, 1.82) is 0 Å². The van der Waals surface area contributed by atoms with Crippen LogP contribution in [-0.4, -0.2) is 43.4 Å². The zero-order valence-corrected chi connectivity index (χ0v) is 15.3. The molecule has 3 aromatic rings. The zero-order chi connectivity index (χ0) is 18.5. The van der Waals surface area contributed by atoms with Crippen molar-refractivity contribution in [3.63, 3.8) is 0 Å². The number of morpholine rings is 1. The third-order valence-corrected chi connectivity index (χ3v) is 4.46. The van der Waals surface area contributed by atoms with Gasteiger partial charge in [0, 0.05) is 30.4 Å². The van der Waals surface area contributed by atoms with Gasteiger partial charge in [-0.25, -0.2) is 4.98 Å². The molecule has 1 N–H and O–H groups in total. The molecule has 1 aliphatic rings. The summed E-state index contributed by atoms with van der Waals surface area (Å²) >= 11 is 0. The summed E-state index contributed by atoms with van der Waals surface area (Å²) in [4.78, 5) is 11.7. The maximum atomic E-state index is 5.47. The highest BCUT2D eigenvalue weighted by Gasteiger charge is 2.16. The summed E-state index contributed by atoms with van der Waals surface area (Å²) in [5, 5.41) is 3.31. The van der Waals surface area contributed by atoms with E-state index in [4.69, 9.17) is 19.4 Å². The summed E-state index contributed by atoms with van der Waals surface area (Å²) in [6, 6.07) is 19.9. The van der Waals surface area contributed by atoms with E-state index in [2.05, 4.69) is 22.3 Å². The van der Waals surface area contributed by atoms with E-state index in [1.165, 1.54) is 0 Å². The molecular formula is C21H22N4O2. The molecule has 0 bridgehead atoms. The monoisotopic (exact) mass is 362 g/mol. The number of nitrogens with zero attached hydrogens (tertiary/aromatic N) is 3. The Morgan fingerprint density at radius 2 is 1.70 bits per heavy atom. The fourth-order valence-corrected chi connectivity index (χ4v) is 3.01. The number of benzene rings is 2. The average Bonchev–Trinajstić information content (AvgIpc) is 2.75. The molecule has 0 saturated carbocycles. The molecule has 1 aromatic heterocycles. The van der Waals surface area contributed by atoms with Gasteiger partial charge in [0.05, 0.1) is 26.0 Å². The molecule has 2 aromatic carbocycles. The van der Waals surface area contributed by atoms with Gasteiger partial charge in [0.15, 0.2) is 0 Å². The molecule has 0 amide bonds. The molecule has 0 spiro atoms. The Bertz CT molecular complexity index is 878. The molecule has 1 aliphatic heterocycles. The summed E-state index contributed by atoms with van der Waals surface area (Å²) in [5.74, 6) is 2.29. The third-order valence-electron chi connectivity index (χ3n) is 4.46. The van der Waals surface area contributed by atoms with E-state index in [0.29, 0.717) is 19.2 Å². The van der Waals surface area contributed by atoms with Gasteiger partial charge in [0.1, 0.15) is 11.6 Å². The van der Waals surface area contributed by atoms with Gasteiger partial charge >= 0.3 is 0 Å². The molecule has 1 saturated heterocycles. The number of hydrogen-bond donors (Lipinski definition) is 1. The molecule has 0 aliphatic carbocycles. The molecule has 6 heteroatoms. The molecule has 6 nitrogen and oxygen atoms in total. The van der Waals surface area contributed by atoms with Crippen molar-refractivity contribution in [2.45, 2.75) is 0 Å². The van der Waals surface area contributed by atoms with Crippen molar-refractivity contribution in [3.8, 4) is 17.0 Å². The van der Waals surface area contributed by atoms with E-state index >= 15 is 0 Å². The van der Waals surface area contributed by atoms with E-state index in [1.807, 2.05) is 48.5 Å². The Kier molecular flexibility index (Phi) is 5.16. The van der Waals surface area contributed by atoms with Crippen LogP contribution < -0.4 is 15.0 Å². The third kappa shape index (κ3) is 4.17. The first-order valence-electron chi connectivity index (χ1n) is 9.00. The second kappa shape index (κ2) is 8.05. The fourth-order valence-electron chi connectivity index (χ4n) is 3.01. The van der Waals surface area contributed by atoms with Gasteiger partial charge in [-0.1, -0.05) is 30.3 Å². The lowest BCUT2D eigenvalue weighted by molar-refractivity contribution is 0.122. The van der Waals surface area contributed by atoms with E-state index in [-0.39, 0.29) is 0 Å². The maximum Gasteiger partial charge on any atom is 0.229 e. The minimum Gasteiger partial charge on any atom is -0.497 e. The van der Waals surface area contributed by atoms with Gasteiger partial charge in [-0.05, 0) is 24.3 Å².